The molecule has 2 aromatic rings. The van der Waals surface area contributed by atoms with E-state index in [4.69, 9.17) is 10.5 Å². The number of benzene rings is 2. The van der Waals surface area contributed by atoms with Crippen LogP contribution >= 0.6 is 0 Å². The molecule has 0 aliphatic carbocycles. The monoisotopic (exact) mass is 258 g/mol. The number of hydrogen-bond donors (Lipinski definition) is 2. The summed E-state index contributed by atoms with van der Waals surface area (Å²) in [6, 6.07) is 12.7. The Bertz CT molecular complexity index is 539. The second kappa shape index (κ2) is 6.55. The van der Waals surface area contributed by atoms with E-state index >= 15 is 0 Å². The van der Waals surface area contributed by atoms with Gasteiger partial charge in [-0.15, -0.1) is 0 Å². The Morgan fingerprint density at radius 1 is 1.21 bits per heavy atom. The Labute approximate surface area is 114 Å². The smallest absolute Gasteiger partial charge is 0.123 e. The fraction of sp³-hybridized carbons (Fsp3) is 0.375. The van der Waals surface area contributed by atoms with E-state index in [-0.39, 0.29) is 6.04 Å². The summed E-state index contributed by atoms with van der Waals surface area (Å²) < 4.78 is 5.47. The summed E-state index contributed by atoms with van der Waals surface area (Å²) in [7, 11) is 1.71. The highest BCUT2D eigenvalue weighted by atomic mass is 16.5. The van der Waals surface area contributed by atoms with Gasteiger partial charge in [0, 0.05) is 24.7 Å². The summed E-state index contributed by atoms with van der Waals surface area (Å²) in [6.45, 7) is 3.70. The Morgan fingerprint density at radius 2 is 2.00 bits per heavy atom. The fourth-order valence-corrected chi connectivity index (χ4v) is 2.22. The molecule has 0 radical (unpaired) electrons. The summed E-state index contributed by atoms with van der Waals surface area (Å²) >= 11 is 0. The molecule has 0 saturated heterocycles. The highest BCUT2D eigenvalue weighted by Crippen LogP contribution is 2.27. The minimum Gasteiger partial charge on any atom is -0.496 e. The van der Waals surface area contributed by atoms with E-state index in [2.05, 4.69) is 42.6 Å². The van der Waals surface area contributed by atoms with Crippen LogP contribution in [0, 0.1) is 0 Å². The van der Waals surface area contributed by atoms with Gasteiger partial charge in [-0.1, -0.05) is 37.3 Å². The minimum absolute atomic E-state index is 0.209. The molecule has 102 valence electrons. The first-order valence-corrected chi connectivity index (χ1v) is 6.77. The van der Waals surface area contributed by atoms with Crippen LogP contribution in [0.4, 0.5) is 0 Å². The third-order valence-corrected chi connectivity index (χ3v) is 3.45. The lowest BCUT2D eigenvalue weighted by atomic mass is 10.0. The van der Waals surface area contributed by atoms with Gasteiger partial charge in [0.25, 0.3) is 0 Å². The van der Waals surface area contributed by atoms with Gasteiger partial charge >= 0.3 is 0 Å². The van der Waals surface area contributed by atoms with Gasteiger partial charge in [0.15, 0.2) is 0 Å². The first-order valence-electron chi connectivity index (χ1n) is 6.77. The third-order valence-electron chi connectivity index (χ3n) is 3.45. The van der Waals surface area contributed by atoms with Crippen LogP contribution in [0.2, 0.25) is 0 Å². The average Bonchev–Trinajstić information content (AvgIpc) is 2.47. The summed E-state index contributed by atoms with van der Waals surface area (Å²) in [6.07, 6.45) is 0.986. The van der Waals surface area contributed by atoms with Crippen molar-refractivity contribution in [1.29, 1.82) is 0 Å². The molecule has 3 N–H and O–H groups in total. The first kappa shape index (κ1) is 13.8. The number of fused-ring (bicyclic) bond motifs is 1. The van der Waals surface area contributed by atoms with Crippen LogP contribution in [0.1, 0.15) is 18.9 Å². The largest absolute Gasteiger partial charge is 0.496 e. The molecular formula is C16H22N2O. The number of nitrogens with two attached hydrogens (primary N) is 1. The van der Waals surface area contributed by atoms with Crippen molar-refractivity contribution >= 4 is 10.8 Å². The molecule has 0 saturated carbocycles. The maximum absolute atomic E-state index is 5.93. The Balaban J connectivity index is 2.23. The fourth-order valence-electron chi connectivity index (χ4n) is 2.22. The number of hydrogen-bond acceptors (Lipinski definition) is 3. The second-order valence-electron chi connectivity index (χ2n) is 4.77. The number of rotatable bonds is 6. The van der Waals surface area contributed by atoms with Crippen LogP contribution < -0.4 is 15.8 Å². The molecule has 0 heterocycles. The molecule has 1 atom stereocenters. The highest BCUT2D eigenvalue weighted by molar-refractivity contribution is 5.87. The number of nitrogens with one attached hydrogen (secondary N) is 1. The second-order valence-corrected chi connectivity index (χ2v) is 4.77. The summed E-state index contributed by atoms with van der Waals surface area (Å²) in [5.41, 5.74) is 7.12. The summed E-state index contributed by atoms with van der Waals surface area (Å²) in [4.78, 5) is 0. The van der Waals surface area contributed by atoms with Crippen molar-refractivity contribution in [1.82, 2.24) is 5.32 Å². The van der Waals surface area contributed by atoms with Crippen molar-refractivity contribution in [2.24, 2.45) is 5.73 Å². The normalized spacial score (nSPS) is 12.6. The van der Waals surface area contributed by atoms with Gasteiger partial charge in [-0.25, -0.2) is 0 Å². The lowest BCUT2D eigenvalue weighted by Crippen LogP contribution is -2.32. The first-order chi connectivity index (χ1) is 9.26. The van der Waals surface area contributed by atoms with E-state index < -0.39 is 0 Å². The molecule has 19 heavy (non-hydrogen) atoms. The SMILES string of the molecule is CCC(N)CNCc1c(OC)ccc2ccccc12. The number of methoxy groups -OCH3 is 1. The molecule has 2 aromatic carbocycles. The summed E-state index contributed by atoms with van der Waals surface area (Å²) in [5, 5.41) is 5.89. The molecule has 3 heteroatoms. The molecule has 2 rings (SSSR count). The zero-order chi connectivity index (χ0) is 13.7. The van der Waals surface area contributed by atoms with Crippen molar-refractivity contribution in [2.75, 3.05) is 13.7 Å². The van der Waals surface area contributed by atoms with Gasteiger partial charge in [-0.2, -0.15) is 0 Å². The van der Waals surface area contributed by atoms with Crippen LogP contribution in [-0.2, 0) is 6.54 Å². The molecule has 0 fully saturated rings. The van der Waals surface area contributed by atoms with E-state index in [1.807, 2.05) is 6.07 Å². The predicted octanol–water partition coefficient (Wildman–Crippen LogP) is 2.68. The standard InChI is InChI=1S/C16H22N2O/c1-3-13(17)10-18-11-15-14-7-5-4-6-12(14)8-9-16(15)19-2/h4-9,13,18H,3,10-11,17H2,1-2H3. The van der Waals surface area contributed by atoms with E-state index in [0.29, 0.717) is 0 Å². The van der Waals surface area contributed by atoms with Gasteiger partial charge in [0.1, 0.15) is 5.75 Å². The molecule has 0 amide bonds. The summed E-state index contributed by atoms with van der Waals surface area (Å²) in [5.74, 6) is 0.927. The molecule has 0 aliphatic rings. The maximum Gasteiger partial charge on any atom is 0.123 e. The van der Waals surface area contributed by atoms with Gasteiger partial charge in [-0.3, -0.25) is 0 Å². The van der Waals surface area contributed by atoms with Crippen LogP contribution in [0.3, 0.4) is 0 Å². The van der Waals surface area contributed by atoms with Gasteiger partial charge in [0.2, 0.25) is 0 Å². The van der Waals surface area contributed by atoms with Crippen LogP contribution in [-0.4, -0.2) is 19.7 Å². The van der Waals surface area contributed by atoms with Crippen molar-refractivity contribution in [3.63, 3.8) is 0 Å². The molecule has 3 nitrogen and oxygen atoms in total. The van der Waals surface area contributed by atoms with Gasteiger partial charge in [0.05, 0.1) is 7.11 Å². The number of ether oxygens (including phenoxy) is 1. The molecule has 0 bridgehead atoms. The minimum atomic E-state index is 0.209. The quantitative estimate of drug-likeness (QED) is 0.837. The molecular weight excluding hydrogens is 236 g/mol. The lowest BCUT2D eigenvalue weighted by molar-refractivity contribution is 0.408. The highest BCUT2D eigenvalue weighted by Gasteiger charge is 2.08. The topological polar surface area (TPSA) is 47.3 Å². The zero-order valence-electron chi connectivity index (χ0n) is 11.6. The van der Waals surface area contributed by atoms with Crippen LogP contribution in [0.5, 0.6) is 5.75 Å². The van der Waals surface area contributed by atoms with Gasteiger partial charge < -0.3 is 15.8 Å². The van der Waals surface area contributed by atoms with E-state index in [1.165, 1.54) is 16.3 Å². The molecule has 0 spiro atoms. The van der Waals surface area contributed by atoms with Gasteiger partial charge in [-0.05, 0) is 23.3 Å². The van der Waals surface area contributed by atoms with Crippen LogP contribution in [0.15, 0.2) is 36.4 Å². The Kier molecular flexibility index (Phi) is 4.77. The lowest BCUT2D eigenvalue weighted by Gasteiger charge is -2.14. The average molecular weight is 258 g/mol. The van der Waals surface area contributed by atoms with Crippen LogP contribution in [0.25, 0.3) is 10.8 Å². The zero-order valence-corrected chi connectivity index (χ0v) is 11.6. The van der Waals surface area contributed by atoms with Crippen molar-refractivity contribution < 1.29 is 4.74 Å². The van der Waals surface area contributed by atoms with Crippen molar-refractivity contribution in [2.45, 2.75) is 25.9 Å². The Hall–Kier alpha value is -1.58. The Morgan fingerprint density at radius 3 is 2.74 bits per heavy atom. The van der Waals surface area contributed by atoms with Crippen molar-refractivity contribution in [3.8, 4) is 5.75 Å². The third kappa shape index (κ3) is 3.25. The molecule has 0 aromatic heterocycles. The molecule has 0 aliphatic heterocycles. The van der Waals surface area contributed by atoms with E-state index in [1.54, 1.807) is 7.11 Å². The van der Waals surface area contributed by atoms with Crippen molar-refractivity contribution in [3.05, 3.63) is 42.0 Å². The predicted molar refractivity (Wildman–Crippen MR) is 80.5 cm³/mol. The van der Waals surface area contributed by atoms with E-state index in [0.717, 1.165) is 25.3 Å². The molecule has 1 unspecified atom stereocenters. The van der Waals surface area contributed by atoms with E-state index in [9.17, 15) is 0 Å². The maximum atomic E-state index is 5.93.